The van der Waals surface area contributed by atoms with E-state index in [1.807, 2.05) is 48.5 Å². The highest BCUT2D eigenvalue weighted by Crippen LogP contribution is 2.41. The molecule has 4 aromatic rings. The minimum absolute atomic E-state index is 0.0503. The summed E-state index contributed by atoms with van der Waals surface area (Å²) < 4.78 is 0. The molecule has 1 aromatic heterocycles. The van der Waals surface area contributed by atoms with Crippen molar-refractivity contribution in [3.05, 3.63) is 77.9 Å². The molecule has 1 aliphatic rings. The van der Waals surface area contributed by atoms with Crippen molar-refractivity contribution in [2.24, 2.45) is 0 Å². The minimum atomic E-state index is -0.189. The Bertz CT molecular complexity index is 1170. The second kappa shape index (κ2) is 5.95. The summed E-state index contributed by atoms with van der Waals surface area (Å²) in [5.74, 6) is -0.0590. The van der Waals surface area contributed by atoms with Crippen molar-refractivity contribution in [3.8, 4) is 11.4 Å². The fourth-order valence-corrected chi connectivity index (χ4v) is 3.65. The van der Waals surface area contributed by atoms with Crippen molar-refractivity contribution in [1.82, 2.24) is 15.0 Å². The lowest BCUT2D eigenvalue weighted by molar-refractivity contribution is -0.116. The second-order valence-corrected chi connectivity index (χ2v) is 6.62. The van der Waals surface area contributed by atoms with Gasteiger partial charge in [-0.3, -0.25) is 4.79 Å². The maximum Gasteiger partial charge on any atom is 0.225 e. The summed E-state index contributed by atoms with van der Waals surface area (Å²) >= 11 is 0. The van der Waals surface area contributed by atoms with E-state index in [2.05, 4.69) is 10.4 Å². The Hall–Kier alpha value is -3.67. The van der Waals surface area contributed by atoms with Gasteiger partial charge in [0.2, 0.25) is 5.91 Å². The van der Waals surface area contributed by atoms with Gasteiger partial charge in [-0.1, -0.05) is 30.3 Å². The van der Waals surface area contributed by atoms with E-state index in [-0.39, 0.29) is 17.6 Å². The number of hydrogen-bond donors (Lipinski definition) is 2. The number of benzene rings is 3. The number of anilines is 1. The van der Waals surface area contributed by atoms with Gasteiger partial charge in [0, 0.05) is 23.6 Å². The molecule has 27 heavy (non-hydrogen) atoms. The molecule has 5 rings (SSSR count). The van der Waals surface area contributed by atoms with Crippen molar-refractivity contribution < 1.29 is 9.90 Å². The Morgan fingerprint density at radius 1 is 1.00 bits per heavy atom. The number of carbonyl (C=O) groups is 1. The summed E-state index contributed by atoms with van der Waals surface area (Å²) in [7, 11) is 0. The van der Waals surface area contributed by atoms with Gasteiger partial charge < -0.3 is 10.4 Å². The number of nitrogens with one attached hydrogen (secondary N) is 1. The van der Waals surface area contributed by atoms with Crippen LogP contribution in [0.25, 0.3) is 16.7 Å². The number of hydrogen-bond acceptors (Lipinski definition) is 4. The van der Waals surface area contributed by atoms with E-state index < -0.39 is 0 Å². The lowest BCUT2D eigenvalue weighted by Gasteiger charge is -2.26. The zero-order valence-corrected chi connectivity index (χ0v) is 14.3. The van der Waals surface area contributed by atoms with Crippen LogP contribution in [-0.2, 0) is 4.79 Å². The zero-order chi connectivity index (χ0) is 18.4. The van der Waals surface area contributed by atoms with E-state index in [0.29, 0.717) is 6.42 Å². The van der Waals surface area contributed by atoms with Gasteiger partial charge in [-0.2, -0.15) is 4.80 Å². The van der Waals surface area contributed by atoms with Crippen LogP contribution < -0.4 is 5.32 Å². The summed E-state index contributed by atoms with van der Waals surface area (Å²) in [6, 6.07) is 20.5. The summed E-state index contributed by atoms with van der Waals surface area (Å²) in [5.41, 5.74) is 4.94. The molecular weight excluding hydrogens is 340 g/mol. The topological polar surface area (TPSA) is 80.0 Å². The molecule has 2 N–H and O–H groups in total. The van der Waals surface area contributed by atoms with Crippen LogP contribution >= 0.6 is 0 Å². The highest BCUT2D eigenvalue weighted by Gasteiger charge is 2.30. The van der Waals surface area contributed by atoms with E-state index >= 15 is 0 Å². The fourth-order valence-electron chi connectivity index (χ4n) is 3.65. The predicted octanol–water partition coefficient (Wildman–Crippen LogP) is 3.60. The summed E-state index contributed by atoms with van der Waals surface area (Å²) in [4.78, 5) is 13.9. The number of fused-ring (bicyclic) bond motifs is 3. The Morgan fingerprint density at radius 3 is 2.67 bits per heavy atom. The number of aromatic nitrogens is 3. The summed E-state index contributed by atoms with van der Waals surface area (Å²) in [5, 5.41) is 22.1. The molecule has 132 valence electrons. The van der Waals surface area contributed by atoms with Crippen LogP contribution in [0.15, 0.2) is 66.7 Å². The SMILES string of the molecule is O=C1C[C@H](c2cccc(O)c2)c2c(ccc3nn(-c4ccccc4)nc23)N1. The molecule has 0 aliphatic carbocycles. The molecule has 2 heterocycles. The first-order valence-corrected chi connectivity index (χ1v) is 8.73. The molecule has 1 atom stereocenters. The van der Waals surface area contributed by atoms with Crippen LogP contribution in [0.5, 0.6) is 5.75 Å². The van der Waals surface area contributed by atoms with E-state index in [9.17, 15) is 9.90 Å². The van der Waals surface area contributed by atoms with Gasteiger partial charge in [0.05, 0.1) is 5.69 Å². The molecule has 0 bridgehead atoms. The van der Waals surface area contributed by atoms with Crippen molar-refractivity contribution in [2.45, 2.75) is 12.3 Å². The van der Waals surface area contributed by atoms with Crippen LogP contribution in [-0.4, -0.2) is 26.0 Å². The first-order chi connectivity index (χ1) is 13.2. The average molecular weight is 356 g/mol. The Morgan fingerprint density at radius 2 is 1.85 bits per heavy atom. The van der Waals surface area contributed by atoms with Gasteiger partial charge in [-0.05, 0) is 42.0 Å². The van der Waals surface area contributed by atoms with Gasteiger partial charge in [-0.15, -0.1) is 10.2 Å². The highest BCUT2D eigenvalue weighted by molar-refractivity contribution is 5.99. The summed E-state index contributed by atoms with van der Waals surface area (Å²) in [6.07, 6.45) is 0.299. The third-order valence-electron chi connectivity index (χ3n) is 4.86. The molecule has 3 aromatic carbocycles. The van der Waals surface area contributed by atoms with Crippen molar-refractivity contribution in [1.29, 1.82) is 0 Å². The van der Waals surface area contributed by atoms with Crippen LogP contribution in [0.3, 0.4) is 0 Å². The monoisotopic (exact) mass is 356 g/mol. The van der Waals surface area contributed by atoms with Gasteiger partial charge in [0.1, 0.15) is 16.8 Å². The third-order valence-corrected chi connectivity index (χ3v) is 4.86. The maximum absolute atomic E-state index is 12.2. The maximum atomic E-state index is 12.2. The molecular formula is C21H16N4O2. The summed E-state index contributed by atoms with van der Waals surface area (Å²) in [6.45, 7) is 0. The van der Waals surface area contributed by atoms with Crippen molar-refractivity contribution >= 4 is 22.6 Å². The average Bonchev–Trinajstić information content (AvgIpc) is 3.12. The molecule has 0 saturated heterocycles. The fraction of sp³-hybridized carbons (Fsp3) is 0.0952. The van der Waals surface area contributed by atoms with Gasteiger partial charge in [0.15, 0.2) is 0 Å². The van der Waals surface area contributed by atoms with E-state index in [1.165, 1.54) is 0 Å². The van der Waals surface area contributed by atoms with Crippen LogP contribution in [0.1, 0.15) is 23.5 Å². The van der Waals surface area contributed by atoms with Gasteiger partial charge in [0.25, 0.3) is 0 Å². The molecule has 6 heteroatoms. The lowest BCUT2D eigenvalue weighted by Crippen LogP contribution is -2.23. The molecule has 0 fully saturated rings. The normalized spacial score (nSPS) is 16.1. The molecule has 0 radical (unpaired) electrons. The number of nitrogens with zero attached hydrogens (tertiary/aromatic N) is 3. The Labute approximate surface area is 155 Å². The molecule has 1 amide bonds. The van der Waals surface area contributed by atoms with Crippen LogP contribution in [0.2, 0.25) is 0 Å². The first kappa shape index (κ1) is 15.6. The van der Waals surface area contributed by atoms with E-state index in [1.54, 1.807) is 23.0 Å². The van der Waals surface area contributed by atoms with Crippen LogP contribution in [0.4, 0.5) is 5.69 Å². The van der Waals surface area contributed by atoms with Gasteiger partial charge >= 0.3 is 0 Å². The molecule has 1 aliphatic heterocycles. The number of phenols is 1. The standard InChI is InChI=1S/C21H16N4O2/c26-15-8-4-5-13(11-15)16-12-19(27)22-17-9-10-18-21(20(16)17)24-25(23-18)14-6-2-1-3-7-14/h1-11,16,26H,12H2,(H,22,27)/t16-/m1/s1. The molecule has 0 unspecified atom stereocenters. The zero-order valence-electron chi connectivity index (χ0n) is 14.3. The van der Waals surface area contributed by atoms with E-state index in [0.717, 1.165) is 33.5 Å². The highest BCUT2D eigenvalue weighted by atomic mass is 16.3. The second-order valence-electron chi connectivity index (χ2n) is 6.62. The quantitative estimate of drug-likeness (QED) is 0.575. The lowest BCUT2D eigenvalue weighted by atomic mass is 9.84. The molecule has 6 nitrogen and oxygen atoms in total. The minimum Gasteiger partial charge on any atom is -0.508 e. The number of para-hydroxylation sites is 1. The Kier molecular flexibility index (Phi) is 3.43. The van der Waals surface area contributed by atoms with E-state index in [4.69, 9.17) is 5.10 Å². The largest absolute Gasteiger partial charge is 0.508 e. The number of phenolic OH excluding ortho intramolecular Hbond substituents is 1. The first-order valence-electron chi connectivity index (χ1n) is 8.73. The smallest absolute Gasteiger partial charge is 0.225 e. The number of aromatic hydroxyl groups is 1. The van der Waals surface area contributed by atoms with Crippen LogP contribution in [0, 0.1) is 0 Å². The predicted molar refractivity (Wildman–Crippen MR) is 102 cm³/mol. The van der Waals surface area contributed by atoms with Crippen molar-refractivity contribution in [2.75, 3.05) is 5.32 Å². The van der Waals surface area contributed by atoms with Gasteiger partial charge in [-0.25, -0.2) is 0 Å². The number of rotatable bonds is 2. The number of carbonyl (C=O) groups excluding carboxylic acids is 1. The number of amides is 1. The third kappa shape index (κ3) is 2.62. The van der Waals surface area contributed by atoms with Crippen molar-refractivity contribution in [3.63, 3.8) is 0 Å². The molecule has 0 saturated carbocycles. The molecule has 0 spiro atoms. The Balaban J connectivity index is 1.73.